The maximum Gasteiger partial charge on any atom is 0.319 e. The number of amides is 2. The minimum atomic E-state index is 0.211. The lowest BCUT2D eigenvalue weighted by molar-refractivity contribution is 0.162. The standard InChI is InChI=1S/C11H23N3O/c1-2-7-13(10-5-6-12)11(15)14-8-3-4-9-14/h2-10,12H2,1H3. The zero-order valence-electron chi connectivity index (χ0n) is 9.74. The van der Waals surface area contributed by atoms with E-state index in [9.17, 15) is 4.79 Å². The molecule has 0 atom stereocenters. The van der Waals surface area contributed by atoms with E-state index < -0.39 is 0 Å². The molecule has 4 nitrogen and oxygen atoms in total. The fourth-order valence-corrected chi connectivity index (χ4v) is 1.96. The molecule has 0 aromatic heterocycles. The van der Waals surface area contributed by atoms with Gasteiger partial charge in [0.1, 0.15) is 0 Å². The second-order valence-electron chi connectivity index (χ2n) is 4.11. The van der Waals surface area contributed by atoms with Crippen LogP contribution in [0.25, 0.3) is 0 Å². The molecular formula is C11H23N3O. The van der Waals surface area contributed by atoms with Crippen molar-refractivity contribution in [3.8, 4) is 0 Å². The van der Waals surface area contributed by atoms with Gasteiger partial charge in [-0.25, -0.2) is 4.79 Å². The van der Waals surface area contributed by atoms with Gasteiger partial charge in [-0.2, -0.15) is 0 Å². The van der Waals surface area contributed by atoms with E-state index in [1.165, 1.54) is 0 Å². The molecular weight excluding hydrogens is 190 g/mol. The molecule has 1 fully saturated rings. The Kier molecular flexibility index (Phi) is 5.47. The fourth-order valence-electron chi connectivity index (χ4n) is 1.96. The van der Waals surface area contributed by atoms with Gasteiger partial charge < -0.3 is 15.5 Å². The Morgan fingerprint density at radius 2 is 2.00 bits per heavy atom. The first-order chi connectivity index (χ1) is 7.29. The lowest BCUT2D eigenvalue weighted by atomic mass is 10.3. The third-order valence-electron chi connectivity index (χ3n) is 2.77. The predicted molar refractivity (Wildman–Crippen MR) is 61.7 cm³/mol. The third kappa shape index (κ3) is 3.70. The molecule has 1 aliphatic rings. The summed E-state index contributed by atoms with van der Waals surface area (Å²) in [5.41, 5.74) is 5.48. The van der Waals surface area contributed by atoms with Crippen LogP contribution in [0.2, 0.25) is 0 Å². The molecule has 0 aromatic rings. The van der Waals surface area contributed by atoms with Crippen molar-refractivity contribution in [2.75, 3.05) is 32.7 Å². The van der Waals surface area contributed by atoms with E-state index in [0.29, 0.717) is 6.54 Å². The second-order valence-corrected chi connectivity index (χ2v) is 4.11. The van der Waals surface area contributed by atoms with Gasteiger partial charge in [-0.1, -0.05) is 6.92 Å². The SMILES string of the molecule is CCCN(CCCN)C(=O)N1CCCC1. The van der Waals surface area contributed by atoms with Crippen LogP contribution in [0.4, 0.5) is 4.79 Å². The Morgan fingerprint density at radius 3 is 2.53 bits per heavy atom. The quantitative estimate of drug-likeness (QED) is 0.747. The van der Waals surface area contributed by atoms with E-state index in [4.69, 9.17) is 5.73 Å². The number of carbonyl (C=O) groups is 1. The lowest BCUT2D eigenvalue weighted by Gasteiger charge is -2.27. The van der Waals surface area contributed by atoms with Crippen molar-refractivity contribution in [1.29, 1.82) is 0 Å². The van der Waals surface area contributed by atoms with Crippen LogP contribution in [-0.4, -0.2) is 48.6 Å². The van der Waals surface area contributed by atoms with E-state index in [1.54, 1.807) is 0 Å². The number of urea groups is 1. The number of nitrogens with zero attached hydrogens (tertiary/aromatic N) is 2. The van der Waals surface area contributed by atoms with Gasteiger partial charge in [0.05, 0.1) is 0 Å². The highest BCUT2D eigenvalue weighted by Crippen LogP contribution is 2.11. The van der Waals surface area contributed by atoms with Crippen LogP contribution in [0.1, 0.15) is 32.6 Å². The molecule has 2 amide bonds. The van der Waals surface area contributed by atoms with E-state index in [0.717, 1.165) is 51.9 Å². The van der Waals surface area contributed by atoms with Gasteiger partial charge in [-0.3, -0.25) is 0 Å². The zero-order chi connectivity index (χ0) is 11.1. The largest absolute Gasteiger partial charge is 0.330 e. The number of likely N-dealkylation sites (tertiary alicyclic amines) is 1. The van der Waals surface area contributed by atoms with Crippen LogP contribution in [0, 0.1) is 0 Å². The molecule has 1 rings (SSSR count). The number of nitrogens with two attached hydrogens (primary N) is 1. The van der Waals surface area contributed by atoms with E-state index in [2.05, 4.69) is 6.92 Å². The van der Waals surface area contributed by atoms with Gasteiger partial charge in [0.25, 0.3) is 0 Å². The number of hydrogen-bond donors (Lipinski definition) is 1. The molecule has 0 spiro atoms. The minimum absolute atomic E-state index is 0.211. The fraction of sp³-hybridized carbons (Fsp3) is 0.909. The molecule has 0 aromatic carbocycles. The molecule has 2 N–H and O–H groups in total. The van der Waals surface area contributed by atoms with Crippen LogP contribution < -0.4 is 5.73 Å². The van der Waals surface area contributed by atoms with E-state index >= 15 is 0 Å². The highest BCUT2D eigenvalue weighted by atomic mass is 16.2. The minimum Gasteiger partial charge on any atom is -0.330 e. The van der Waals surface area contributed by atoms with Crippen molar-refractivity contribution >= 4 is 6.03 Å². The molecule has 0 unspecified atom stereocenters. The van der Waals surface area contributed by atoms with Crippen molar-refractivity contribution < 1.29 is 4.79 Å². The molecule has 1 heterocycles. The van der Waals surface area contributed by atoms with Crippen molar-refractivity contribution in [2.24, 2.45) is 5.73 Å². The Balaban J connectivity index is 2.41. The Morgan fingerprint density at radius 1 is 1.33 bits per heavy atom. The maximum atomic E-state index is 12.1. The van der Waals surface area contributed by atoms with Crippen LogP contribution in [-0.2, 0) is 0 Å². The second kappa shape index (κ2) is 6.67. The molecule has 1 saturated heterocycles. The molecule has 0 radical (unpaired) electrons. The highest BCUT2D eigenvalue weighted by molar-refractivity contribution is 5.74. The van der Waals surface area contributed by atoms with Crippen LogP contribution in [0.5, 0.6) is 0 Å². The van der Waals surface area contributed by atoms with Crippen molar-refractivity contribution in [1.82, 2.24) is 9.80 Å². The highest BCUT2D eigenvalue weighted by Gasteiger charge is 2.22. The van der Waals surface area contributed by atoms with Gasteiger partial charge in [0.15, 0.2) is 0 Å². The summed E-state index contributed by atoms with van der Waals surface area (Å²) in [5.74, 6) is 0. The Labute approximate surface area is 92.4 Å². The number of carbonyl (C=O) groups excluding carboxylic acids is 1. The maximum absolute atomic E-state index is 12.1. The summed E-state index contributed by atoms with van der Waals surface area (Å²) >= 11 is 0. The van der Waals surface area contributed by atoms with Gasteiger partial charge >= 0.3 is 6.03 Å². The molecule has 0 bridgehead atoms. The predicted octanol–water partition coefficient (Wildman–Crippen LogP) is 1.26. The lowest BCUT2D eigenvalue weighted by Crippen LogP contribution is -2.43. The topological polar surface area (TPSA) is 49.6 Å². The molecule has 0 saturated carbocycles. The monoisotopic (exact) mass is 213 g/mol. The first-order valence-corrected chi connectivity index (χ1v) is 6.03. The van der Waals surface area contributed by atoms with Gasteiger partial charge in [-0.05, 0) is 32.2 Å². The summed E-state index contributed by atoms with van der Waals surface area (Å²) < 4.78 is 0. The van der Waals surface area contributed by atoms with Crippen molar-refractivity contribution in [3.05, 3.63) is 0 Å². The van der Waals surface area contributed by atoms with Crippen LogP contribution >= 0.6 is 0 Å². The summed E-state index contributed by atoms with van der Waals surface area (Å²) in [4.78, 5) is 16.0. The molecule has 88 valence electrons. The normalized spacial score (nSPS) is 15.7. The summed E-state index contributed by atoms with van der Waals surface area (Å²) in [7, 11) is 0. The van der Waals surface area contributed by atoms with Crippen LogP contribution in [0.3, 0.4) is 0 Å². The average molecular weight is 213 g/mol. The van der Waals surface area contributed by atoms with Gasteiger partial charge in [-0.15, -0.1) is 0 Å². The Bertz CT molecular complexity index is 190. The first-order valence-electron chi connectivity index (χ1n) is 6.03. The van der Waals surface area contributed by atoms with Gasteiger partial charge in [0, 0.05) is 26.2 Å². The summed E-state index contributed by atoms with van der Waals surface area (Å²) in [6.45, 7) is 6.29. The van der Waals surface area contributed by atoms with E-state index in [1.807, 2.05) is 9.80 Å². The van der Waals surface area contributed by atoms with Gasteiger partial charge in [0.2, 0.25) is 0 Å². The van der Waals surface area contributed by atoms with Crippen molar-refractivity contribution in [3.63, 3.8) is 0 Å². The summed E-state index contributed by atoms with van der Waals surface area (Å²) in [6, 6.07) is 0.211. The zero-order valence-corrected chi connectivity index (χ0v) is 9.74. The smallest absolute Gasteiger partial charge is 0.319 e. The summed E-state index contributed by atoms with van der Waals surface area (Å²) in [6.07, 6.45) is 4.23. The molecule has 0 aliphatic carbocycles. The van der Waals surface area contributed by atoms with E-state index in [-0.39, 0.29) is 6.03 Å². The Hall–Kier alpha value is -0.770. The van der Waals surface area contributed by atoms with Crippen LogP contribution in [0.15, 0.2) is 0 Å². The number of hydrogen-bond acceptors (Lipinski definition) is 2. The summed E-state index contributed by atoms with van der Waals surface area (Å²) in [5, 5.41) is 0. The number of rotatable bonds is 5. The molecule has 1 aliphatic heterocycles. The average Bonchev–Trinajstić information content (AvgIpc) is 2.76. The third-order valence-corrected chi connectivity index (χ3v) is 2.77. The van der Waals surface area contributed by atoms with Crippen molar-refractivity contribution in [2.45, 2.75) is 32.6 Å². The first kappa shape index (κ1) is 12.3. The molecule has 4 heteroatoms. The molecule has 15 heavy (non-hydrogen) atoms.